The normalized spacial score (nSPS) is 14.3. The number of benzene rings is 2. The van der Waals surface area contributed by atoms with Gasteiger partial charge in [0.05, 0.1) is 19.9 Å². The van der Waals surface area contributed by atoms with Crippen LogP contribution in [-0.4, -0.2) is 43.0 Å². The van der Waals surface area contributed by atoms with E-state index in [9.17, 15) is 14.4 Å². The van der Waals surface area contributed by atoms with Crippen LogP contribution in [0, 0.1) is 7.14 Å². The Labute approximate surface area is 212 Å². The molecule has 10 heteroatoms. The quantitative estimate of drug-likeness (QED) is 0.194. The Hall–Kier alpha value is -2.61. The largest absolute Gasteiger partial charge is 0.495 e. The molecule has 1 aliphatic rings. The van der Waals surface area contributed by atoms with Crippen molar-refractivity contribution in [3.63, 3.8) is 0 Å². The van der Waals surface area contributed by atoms with Gasteiger partial charge in [0.2, 0.25) is 5.91 Å². The van der Waals surface area contributed by atoms with E-state index in [-0.39, 0.29) is 5.70 Å². The first-order valence-electron chi connectivity index (χ1n) is 9.34. The molecule has 1 aliphatic heterocycles. The van der Waals surface area contributed by atoms with Gasteiger partial charge in [-0.2, -0.15) is 0 Å². The Balaban J connectivity index is 1.73. The second-order valence-corrected chi connectivity index (χ2v) is 8.87. The van der Waals surface area contributed by atoms with Gasteiger partial charge in [-0.3, -0.25) is 9.59 Å². The van der Waals surface area contributed by atoms with Crippen LogP contribution in [0.25, 0.3) is 6.08 Å². The van der Waals surface area contributed by atoms with E-state index in [1.165, 1.54) is 7.11 Å². The molecule has 0 aromatic heterocycles. The highest BCUT2D eigenvalue weighted by Crippen LogP contribution is 2.30. The molecule has 0 atom stereocenters. The number of anilines is 1. The molecule has 32 heavy (non-hydrogen) atoms. The van der Waals surface area contributed by atoms with Crippen molar-refractivity contribution >= 4 is 74.8 Å². The van der Waals surface area contributed by atoms with E-state index in [2.05, 4.69) is 62.4 Å². The molecule has 0 unspecified atom stereocenters. The van der Waals surface area contributed by atoms with Gasteiger partial charge in [-0.15, -0.1) is 0 Å². The van der Waals surface area contributed by atoms with Crippen molar-refractivity contribution in [1.82, 2.24) is 10.2 Å². The fourth-order valence-electron chi connectivity index (χ4n) is 2.91. The summed E-state index contributed by atoms with van der Waals surface area (Å²) >= 11 is 4.29. The number of para-hydroxylation sites is 2. The van der Waals surface area contributed by atoms with E-state index in [4.69, 9.17) is 9.47 Å². The number of nitrogens with zero attached hydrogens (tertiary/aromatic N) is 1. The maximum absolute atomic E-state index is 12.7. The number of hydrogen-bond acceptors (Lipinski definition) is 5. The van der Waals surface area contributed by atoms with E-state index < -0.39 is 24.4 Å². The van der Waals surface area contributed by atoms with Gasteiger partial charge in [-0.1, -0.05) is 24.8 Å². The van der Waals surface area contributed by atoms with Gasteiger partial charge in [0.1, 0.15) is 30.3 Å². The minimum absolute atomic E-state index is 0.0893. The number of carbonyl (C=O) groups is 3. The summed E-state index contributed by atoms with van der Waals surface area (Å²) in [5.41, 5.74) is 1.26. The van der Waals surface area contributed by atoms with Crippen molar-refractivity contribution in [2.24, 2.45) is 0 Å². The predicted molar refractivity (Wildman–Crippen MR) is 137 cm³/mol. The molecule has 0 radical (unpaired) electrons. The third-order valence-electron chi connectivity index (χ3n) is 4.32. The number of imide groups is 1. The Morgan fingerprint density at radius 3 is 2.56 bits per heavy atom. The highest BCUT2D eigenvalue weighted by Gasteiger charge is 2.35. The number of ether oxygens (including phenoxy) is 2. The van der Waals surface area contributed by atoms with Gasteiger partial charge < -0.3 is 20.1 Å². The van der Waals surface area contributed by atoms with Crippen LogP contribution in [-0.2, 0) is 9.59 Å². The van der Waals surface area contributed by atoms with Gasteiger partial charge in [0.15, 0.2) is 0 Å². The number of urea groups is 1. The number of hydrogen-bond donors (Lipinski definition) is 2. The monoisotopic (exact) mass is 659 g/mol. The van der Waals surface area contributed by atoms with Crippen molar-refractivity contribution in [2.45, 2.75) is 0 Å². The summed E-state index contributed by atoms with van der Waals surface area (Å²) in [5, 5.41) is 5.18. The average Bonchev–Trinajstić information content (AvgIpc) is 3.01. The molecule has 166 valence electrons. The minimum atomic E-state index is -0.660. The van der Waals surface area contributed by atoms with Crippen LogP contribution in [0.1, 0.15) is 5.56 Å². The minimum Gasteiger partial charge on any atom is -0.495 e. The summed E-state index contributed by atoms with van der Waals surface area (Å²) < 4.78 is 12.6. The second kappa shape index (κ2) is 10.8. The topological polar surface area (TPSA) is 97.0 Å². The lowest BCUT2D eigenvalue weighted by atomic mass is 10.2. The Morgan fingerprint density at radius 2 is 1.91 bits per heavy atom. The van der Waals surface area contributed by atoms with Crippen LogP contribution in [0.4, 0.5) is 10.5 Å². The Morgan fingerprint density at radius 1 is 1.22 bits per heavy atom. The van der Waals surface area contributed by atoms with Crippen molar-refractivity contribution in [3.05, 3.63) is 67.5 Å². The summed E-state index contributed by atoms with van der Waals surface area (Å²) in [6.07, 6.45) is 3.23. The number of amides is 4. The van der Waals surface area contributed by atoms with Gasteiger partial charge in [-0.05, 0) is 81.1 Å². The van der Waals surface area contributed by atoms with Crippen molar-refractivity contribution in [3.8, 4) is 11.5 Å². The number of rotatable bonds is 8. The molecule has 2 aromatic carbocycles. The molecule has 2 N–H and O–H groups in total. The van der Waals surface area contributed by atoms with E-state index in [0.717, 1.165) is 17.8 Å². The number of methoxy groups -OCH3 is 1. The van der Waals surface area contributed by atoms with Gasteiger partial charge in [0.25, 0.3) is 5.91 Å². The molecule has 1 fully saturated rings. The first kappa shape index (κ1) is 24.0. The van der Waals surface area contributed by atoms with E-state index in [1.807, 2.05) is 12.1 Å². The summed E-state index contributed by atoms with van der Waals surface area (Å²) in [6, 6.07) is 9.88. The molecular weight excluding hydrogens is 640 g/mol. The molecule has 0 bridgehead atoms. The fraction of sp³-hybridized carbons (Fsp3) is 0.136. The Bertz CT molecular complexity index is 1090. The van der Waals surface area contributed by atoms with Crippen LogP contribution in [0.2, 0.25) is 0 Å². The highest BCUT2D eigenvalue weighted by molar-refractivity contribution is 14.1. The molecule has 0 saturated carbocycles. The third-order valence-corrected chi connectivity index (χ3v) is 5.92. The smallest absolute Gasteiger partial charge is 0.329 e. The van der Waals surface area contributed by atoms with E-state index >= 15 is 0 Å². The highest BCUT2D eigenvalue weighted by atomic mass is 127. The fourth-order valence-corrected chi connectivity index (χ4v) is 5.03. The third kappa shape index (κ3) is 5.59. The molecule has 1 saturated heterocycles. The molecular formula is C22H19I2N3O5. The maximum atomic E-state index is 12.7. The maximum Gasteiger partial charge on any atom is 0.329 e. The number of nitrogens with one attached hydrogen (secondary N) is 2. The number of carbonyl (C=O) groups excluding carboxylic acids is 3. The lowest BCUT2D eigenvalue weighted by Crippen LogP contribution is -2.38. The van der Waals surface area contributed by atoms with E-state index in [0.29, 0.717) is 23.6 Å². The molecule has 3 rings (SSSR count). The first-order chi connectivity index (χ1) is 15.3. The van der Waals surface area contributed by atoms with Crippen LogP contribution in [0.5, 0.6) is 11.5 Å². The summed E-state index contributed by atoms with van der Waals surface area (Å²) in [5.74, 6) is 0.0993. The van der Waals surface area contributed by atoms with E-state index in [1.54, 1.807) is 36.4 Å². The lowest BCUT2D eigenvalue weighted by Gasteiger charge is -2.13. The zero-order valence-corrected chi connectivity index (χ0v) is 21.3. The SMILES string of the molecule is C=CCOc1c(I)cc(/C=C2/NC(=O)N(CC(=O)Nc3ccccc3OC)C2=O)cc1I. The van der Waals surface area contributed by atoms with Crippen LogP contribution >= 0.6 is 45.2 Å². The average molecular weight is 659 g/mol. The van der Waals surface area contributed by atoms with Gasteiger partial charge >= 0.3 is 6.03 Å². The van der Waals surface area contributed by atoms with Crippen molar-refractivity contribution < 1.29 is 23.9 Å². The molecule has 2 aromatic rings. The van der Waals surface area contributed by atoms with Crippen molar-refractivity contribution in [2.75, 3.05) is 25.6 Å². The predicted octanol–water partition coefficient (Wildman–Crippen LogP) is 4.00. The zero-order chi connectivity index (χ0) is 23.3. The summed E-state index contributed by atoms with van der Waals surface area (Å²) in [4.78, 5) is 38.3. The van der Waals surface area contributed by atoms with Crippen molar-refractivity contribution in [1.29, 1.82) is 0 Å². The van der Waals surface area contributed by atoms with Gasteiger partial charge in [-0.25, -0.2) is 9.69 Å². The summed E-state index contributed by atoms with van der Waals surface area (Å²) in [7, 11) is 1.49. The molecule has 0 aliphatic carbocycles. The van der Waals surface area contributed by atoms with Crippen LogP contribution < -0.4 is 20.1 Å². The van der Waals surface area contributed by atoms with Gasteiger partial charge in [0, 0.05) is 0 Å². The first-order valence-corrected chi connectivity index (χ1v) is 11.5. The Kier molecular flexibility index (Phi) is 8.12. The van der Waals surface area contributed by atoms with Crippen LogP contribution in [0.15, 0.2) is 54.8 Å². The number of halogens is 2. The summed E-state index contributed by atoms with van der Waals surface area (Å²) in [6.45, 7) is 3.59. The molecule has 1 heterocycles. The molecule has 8 nitrogen and oxygen atoms in total. The van der Waals surface area contributed by atoms with Crippen LogP contribution in [0.3, 0.4) is 0 Å². The standard InChI is InChI=1S/C22H19I2N3O5/c1-3-8-32-20-14(23)9-13(10-15(20)24)11-17-21(29)27(22(30)26-17)12-19(28)25-16-6-4-5-7-18(16)31-2/h3-7,9-11H,1,8,12H2,2H3,(H,25,28)(H,26,30)/b17-11+. The molecule has 0 spiro atoms. The molecule has 4 amide bonds. The second-order valence-electron chi connectivity index (χ2n) is 6.54. The zero-order valence-electron chi connectivity index (χ0n) is 17.0. The lowest BCUT2D eigenvalue weighted by molar-refractivity contribution is -0.127.